The van der Waals surface area contributed by atoms with Crippen molar-refractivity contribution >= 4 is 5.82 Å². The van der Waals surface area contributed by atoms with Crippen molar-refractivity contribution in [2.75, 3.05) is 5.32 Å². The highest BCUT2D eigenvalue weighted by Crippen LogP contribution is 2.08. The average Bonchev–Trinajstić information content (AvgIpc) is 2.95. The van der Waals surface area contributed by atoms with E-state index in [4.69, 9.17) is 0 Å². The molecule has 0 bridgehead atoms. The summed E-state index contributed by atoms with van der Waals surface area (Å²) in [5.74, 6) is 0.917. The van der Waals surface area contributed by atoms with Crippen molar-refractivity contribution in [1.82, 2.24) is 19.6 Å². The Morgan fingerprint density at radius 2 is 2.22 bits per heavy atom. The van der Waals surface area contributed by atoms with E-state index in [1.165, 1.54) is 5.56 Å². The van der Waals surface area contributed by atoms with Crippen molar-refractivity contribution in [3.05, 3.63) is 30.2 Å². The van der Waals surface area contributed by atoms with Gasteiger partial charge in [0.15, 0.2) is 0 Å². The summed E-state index contributed by atoms with van der Waals surface area (Å²) in [4.78, 5) is 0. The molecule has 2 rings (SSSR count). The van der Waals surface area contributed by atoms with Crippen LogP contribution >= 0.6 is 0 Å². The molecule has 5 nitrogen and oxygen atoms in total. The van der Waals surface area contributed by atoms with Gasteiger partial charge in [-0.25, -0.2) is 0 Å². The summed E-state index contributed by atoms with van der Waals surface area (Å²) in [6.07, 6.45) is 7.07. The van der Waals surface area contributed by atoms with Gasteiger partial charge in [0.25, 0.3) is 0 Å². The molecule has 0 saturated carbocycles. The van der Waals surface area contributed by atoms with Crippen LogP contribution in [0.1, 0.15) is 38.8 Å². The first-order valence-corrected chi connectivity index (χ1v) is 6.49. The standard InChI is InChI=1S/C13H21N5/c1-4-6-17-7-5-13(16-17)14-8-12-9-15-18(10-12)11(2)3/h5,7,9-11H,4,6,8H2,1-3H3,(H,14,16). The summed E-state index contributed by atoms with van der Waals surface area (Å²) < 4.78 is 3.92. The minimum absolute atomic E-state index is 0.405. The molecule has 0 spiro atoms. The van der Waals surface area contributed by atoms with Gasteiger partial charge in [-0.05, 0) is 20.3 Å². The van der Waals surface area contributed by atoms with Crippen molar-refractivity contribution in [2.24, 2.45) is 0 Å². The Bertz CT molecular complexity index is 483. The summed E-state index contributed by atoms with van der Waals surface area (Å²) in [6.45, 7) is 8.12. The average molecular weight is 247 g/mol. The van der Waals surface area contributed by atoms with Crippen LogP contribution in [0.4, 0.5) is 5.82 Å². The van der Waals surface area contributed by atoms with Gasteiger partial charge >= 0.3 is 0 Å². The molecule has 0 fully saturated rings. The molecule has 0 aliphatic heterocycles. The minimum Gasteiger partial charge on any atom is -0.364 e. The lowest BCUT2D eigenvalue weighted by Crippen LogP contribution is -2.02. The molecule has 0 atom stereocenters. The first kappa shape index (κ1) is 12.7. The lowest BCUT2D eigenvalue weighted by atomic mass is 10.3. The van der Waals surface area contributed by atoms with Gasteiger partial charge in [0.05, 0.1) is 6.20 Å². The predicted molar refractivity (Wildman–Crippen MR) is 72.5 cm³/mol. The Labute approximate surface area is 108 Å². The van der Waals surface area contributed by atoms with Gasteiger partial charge in [0.2, 0.25) is 0 Å². The fraction of sp³-hybridized carbons (Fsp3) is 0.538. The zero-order chi connectivity index (χ0) is 13.0. The summed E-state index contributed by atoms with van der Waals surface area (Å²) in [5.41, 5.74) is 1.17. The summed E-state index contributed by atoms with van der Waals surface area (Å²) in [7, 11) is 0. The molecular weight excluding hydrogens is 226 g/mol. The maximum absolute atomic E-state index is 4.44. The van der Waals surface area contributed by atoms with Crippen LogP contribution in [-0.2, 0) is 13.1 Å². The van der Waals surface area contributed by atoms with Crippen molar-refractivity contribution in [3.63, 3.8) is 0 Å². The van der Waals surface area contributed by atoms with Crippen LogP contribution in [-0.4, -0.2) is 19.6 Å². The van der Waals surface area contributed by atoms with Gasteiger partial charge in [-0.2, -0.15) is 10.2 Å². The molecule has 98 valence electrons. The normalized spacial score (nSPS) is 11.1. The van der Waals surface area contributed by atoms with E-state index in [0.29, 0.717) is 6.04 Å². The molecule has 5 heteroatoms. The molecule has 0 unspecified atom stereocenters. The molecule has 2 heterocycles. The number of aromatic nitrogens is 4. The Hall–Kier alpha value is -1.78. The molecule has 0 amide bonds. The van der Waals surface area contributed by atoms with E-state index in [1.807, 2.05) is 27.8 Å². The fourth-order valence-corrected chi connectivity index (χ4v) is 1.75. The third-order valence-electron chi connectivity index (χ3n) is 2.75. The predicted octanol–water partition coefficient (Wildman–Crippen LogP) is 2.68. The second-order valence-corrected chi connectivity index (χ2v) is 4.74. The van der Waals surface area contributed by atoms with E-state index in [2.05, 4.69) is 42.5 Å². The number of nitrogens with zero attached hydrogens (tertiary/aromatic N) is 4. The second-order valence-electron chi connectivity index (χ2n) is 4.74. The molecule has 0 aliphatic rings. The van der Waals surface area contributed by atoms with Crippen LogP contribution in [0.2, 0.25) is 0 Å². The molecule has 0 aromatic carbocycles. The Morgan fingerprint density at radius 3 is 2.89 bits per heavy atom. The third kappa shape index (κ3) is 3.12. The zero-order valence-corrected chi connectivity index (χ0v) is 11.3. The highest BCUT2D eigenvalue weighted by atomic mass is 15.3. The molecule has 0 saturated heterocycles. The molecular formula is C13H21N5. The van der Waals surface area contributed by atoms with E-state index < -0.39 is 0 Å². The van der Waals surface area contributed by atoms with Gasteiger partial charge in [-0.1, -0.05) is 6.92 Å². The number of aryl methyl sites for hydroxylation is 1. The summed E-state index contributed by atoms with van der Waals surface area (Å²) in [5, 5.41) is 12.1. The molecule has 2 aromatic rings. The molecule has 0 radical (unpaired) electrons. The number of anilines is 1. The van der Waals surface area contributed by atoms with Crippen LogP contribution in [0.25, 0.3) is 0 Å². The van der Waals surface area contributed by atoms with Crippen LogP contribution in [0, 0.1) is 0 Å². The topological polar surface area (TPSA) is 47.7 Å². The largest absolute Gasteiger partial charge is 0.364 e. The highest BCUT2D eigenvalue weighted by Gasteiger charge is 2.02. The van der Waals surface area contributed by atoms with Crippen LogP contribution < -0.4 is 5.32 Å². The number of hydrogen-bond acceptors (Lipinski definition) is 3. The van der Waals surface area contributed by atoms with Crippen LogP contribution in [0.3, 0.4) is 0 Å². The van der Waals surface area contributed by atoms with Gasteiger partial charge < -0.3 is 5.32 Å². The lowest BCUT2D eigenvalue weighted by Gasteiger charge is -2.03. The first-order valence-electron chi connectivity index (χ1n) is 6.49. The summed E-state index contributed by atoms with van der Waals surface area (Å²) in [6, 6.07) is 2.41. The highest BCUT2D eigenvalue weighted by molar-refractivity contribution is 5.33. The van der Waals surface area contributed by atoms with E-state index >= 15 is 0 Å². The third-order valence-corrected chi connectivity index (χ3v) is 2.75. The minimum atomic E-state index is 0.405. The maximum Gasteiger partial charge on any atom is 0.148 e. The van der Waals surface area contributed by atoms with Gasteiger partial charge in [0, 0.05) is 43.2 Å². The van der Waals surface area contributed by atoms with Crippen molar-refractivity contribution in [2.45, 2.75) is 46.3 Å². The van der Waals surface area contributed by atoms with E-state index in [-0.39, 0.29) is 0 Å². The Balaban J connectivity index is 1.89. The van der Waals surface area contributed by atoms with Gasteiger partial charge in [-0.15, -0.1) is 0 Å². The monoisotopic (exact) mass is 247 g/mol. The smallest absolute Gasteiger partial charge is 0.148 e. The first-order chi connectivity index (χ1) is 8.69. The van der Waals surface area contributed by atoms with E-state index in [9.17, 15) is 0 Å². The SMILES string of the molecule is CCCn1ccc(NCc2cnn(C(C)C)c2)n1. The number of nitrogens with one attached hydrogen (secondary N) is 1. The van der Waals surface area contributed by atoms with Crippen molar-refractivity contribution < 1.29 is 0 Å². The van der Waals surface area contributed by atoms with Crippen LogP contribution in [0.5, 0.6) is 0 Å². The second kappa shape index (κ2) is 5.71. The molecule has 1 N–H and O–H groups in total. The Morgan fingerprint density at radius 1 is 1.39 bits per heavy atom. The zero-order valence-electron chi connectivity index (χ0n) is 11.3. The lowest BCUT2D eigenvalue weighted by molar-refractivity contribution is 0.532. The van der Waals surface area contributed by atoms with Crippen molar-refractivity contribution in [3.8, 4) is 0 Å². The maximum atomic E-state index is 4.44. The fourth-order valence-electron chi connectivity index (χ4n) is 1.75. The molecule has 18 heavy (non-hydrogen) atoms. The number of hydrogen-bond donors (Lipinski definition) is 1. The van der Waals surface area contributed by atoms with Crippen molar-refractivity contribution in [1.29, 1.82) is 0 Å². The molecule has 0 aliphatic carbocycles. The van der Waals surface area contributed by atoms with E-state index in [0.717, 1.165) is 25.3 Å². The van der Waals surface area contributed by atoms with Gasteiger partial charge in [-0.3, -0.25) is 9.36 Å². The van der Waals surface area contributed by atoms with E-state index in [1.54, 1.807) is 0 Å². The number of rotatable bonds is 6. The quantitative estimate of drug-likeness (QED) is 0.853. The Kier molecular flexibility index (Phi) is 4.02. The molecule has 2 aromatic heterocycles. The summed E-state index contributed by atoms with van der Waals surface area (Å²) >= 11 is 0. The van der Waals surface area contributed by atoms with Gasteiger partial charge in [0.1, 0.15) is 5.82 Å². The van der Waals surface area contributed by atoms with Crippen LogP contribution in [0.15, 0.2) is 24.7 Å².